The number of hydrogen-bond acceptors (Lipinski definition) is 5. The first-order chi connectivity index (χ1) is 14.0. The van der Waals surface area contributed by atoms with E-state index in [1.807, 2.05) is 43.3 Å². The number of ether oxygens (including phenoxy) is 1. The number of imidazole rings is 1. The molecule has 2 heterocycles. The van der Waals surface area contributed by atoms with Crippen LogP contribution < -0.4 is 4.74 Å². The number of aryl methyl sites for hydroxylation is 1. The number of nitrogens with zero attached hydrogens (tertiary/aromatic N) is 3. The zero-order chi connectivity index (χ0) is 20.4. The van der Waals surface area contributed by atoms with Gasteiger partial charge in [-0.25, -0.2) is 4.98 Å². The van der Waals surface area contributed by atoms with Crippen molar-refractivity contribution < 1.29 is 9.53 Å². The summed E-state index contributed by atoms with van der Waals surface area (Å²) in [5.74, 6) is 1.95. The molecule has 1 saturated heterocycles. The SMILES string of the molecule is COc1ccccc1CN1CCN(CC(=O)c2ccc3[nH]c(C)nc3c2)[C@@H](C)C1. The number of Topliss-reactive ketones (excluding diaryl/α,β-unsaturated/α-hetero) is 1. The summed E-state index contributed by atoms with van der Waals surface area (Å²) in [4.78, 5) is 25.2. The van der Waals surface area contributed by atoms with Crippen molar-refractivity contribution in [2.24, 2.45) is 0 Å². The van der Waals surface area contributed by atoms with Gasteiger partial charge in [0.2, 0.25) is 0 Å². The zero-order valence-electron chi connectivity index (χ0n) is 17.3. The predicted octanol–water partition coefficient (Wildman–Crippen LogP) is 3.27. The number of carbonyl (C=O) groups excluding carboxylic acids is 1. The number of H-pyrrole nitrogens is 1. The molecule has 6 heteroatoms. The fourth-order valence-electron chi connectivity index (χ4n) is 4.11. The van der Waals surface area contributed by atoms with Crippen LogP contribution in [0.3, 0.4) is 0 Å². The molecule has 29 heavy (non-hydrogen) atoms. The van der Waals surface area contributed by atoms with Gasteiger partial charge in [0.05, 0.1) is 24.7 Å². The molecule has 6 nitrogen and oxygen atoms in total. The normalized spacial score (nSPS) is 18.2. The number of methoxy groups -OCH3 is 1. The molecule has 1 fully saturated rings. The number of rotatable bonds is 6. The molecule has 1 aliphatic rings. The Balaban J connectivity index is 1.37. The van der Waals surface area contributed by atoms with E-state index < -0.39 is 0 Å². The summed E-state index contributed by atoms with van der Waals surface area (Å²) < 4.78 is 5.48. The number of carbonyl (C=O) groups is 1. The third-order valence-electron chi connectivity index (χ3n) is 5.71. The topological polar surface area (TPSA) is 61.5 Å². The highest BCUT2D eigenvalue weighted by Crippen LogP contribution is 2.21. The third-order valence-corrected chi connectivity index (χ3v) is 5.71. The molecular formula is C23H28N4O2. The first kappa shape index (κ1) is 19.6. The van der Waals surface area contributed by atoms with E-state index in [-0.39, 0.29) is 5.78 Å². The summed E-state index contributed by atoms with van der Waals surface area (Å²) in [5.41, 5.74) is 3.75. The van der Waals surface area contributed by atoms with Gasteiger partial charge in [-0.1, -0.05) is 18.2 Å². The van der Waals surface area contributed by atoms with E-state index in [1.165, 1.54) is 5.56 Å². The minimum absolute atomic E-state index is 0.151. The highest BCUT2D eigenvalue weighted by atomic mass is 16.5. The van der Waals surface area contributed by atoms with Gasteiger partial charge in [-0.05, 0) is 38.1 Å². The van der Waals surface area contributed by atoms with Crippen LogP contribution in [0.5, 0.6) is 5.75 Å². The minimum Gasteiger partial charge on any atom is -0.496 e. The third kappa shape index (κ3) is 4.33. The largest absolute Gasteiger partial charge is 0.496 e. The van der Waals surface area contributed by atoms with Gasteiger partial charge in [0.1, 0.15) is 11.6 Å². The number of ketones is 1. The van der Waals surface area contributed by atoms with Crippen molar-refractivity contribution in [1.82, 2.24) is 19.8 Å². The highest BCUT2D eigenvalue weighted by molar-refractivity contribution is 6.00. The maximum absolute atomic E-state index is 12.9. The van der Waals surface area contributed by atoms with Crippen LogP contribution in [0.4, 0.5) is 0 Å². The Morgan fingerprint density at radius 2 is 2.07 bits per heavy atom. The van der Waals surface area contributed by atoms with Crippen LogP contribution in [0.15, 0.2) is 42.5 Å². The standard InChI is InChI=1S/C23H28N4O2/c1-16-13-26(14-19-6-4-5-7-23(19)29-3)10-11-27(16)15-22(28)18-8-9-20-21(12-18)25-17(2)24-20/h4-9,12,16H,10-11,13-15H2,1-3H3,(H,24,25)/t16-/m0/s1. The van der Waals surface area contributed by atoms with Gasteiger partial charge in [-0.3, -0.25) is 14.6 Å². The Morgan fingerprint density at radius 3 is 2.86 bits per heavy atom. The predicted molar refractivity (Wildman–Crippen MR) is 114 cm³/mol. The smallest absolute Gasteiger partial charge is 0.176 e. The van der Waals surface area contributed by atoms with Gasteiger partial charge in [-0.15, -0.1) is 0 Å². The monoisotopic (exact) mass is 392 g/mol. The van der Waals surface area contributed by atoms with Crippen molar-refractivity contribution in [3.05, 3.63) is 59.4 Å². The molecule has 3 aromatic rings. The van der Waals surface area contributed by atoms with Crippen molar-refractivity contribution >= 4 is 16.8 Å². The van der Waals surface area contributed by atoms with E-state index in [9.17, 15) is 4.79 Å². The summed E-state index contributed by atoms with van der Waals surface area (Å²) in [5, 5.41) is 0. The number of piperazine rings is 1. The molecular weight excluding hydrogens is 364 g/mol. The van der Waals surface area contributed by atoms with Crippen LogP contribution in [0.2, 0.25) is 0 Å². The molecule has 0 radical (unpaired) electrons. The van der Waals surface area contributed by atoms with Crippen LogP contribution in [-0.4, -0.2) is 64.9 Å². The number of aromatic nitrogens is 2. The lowest BCUT2D eigenvalue weighted by molar-refractivity contribution is 0.0655. The molecule has 1 aliphatic heterocycles. The molecule has 0 saturated carbocycles. The summed E-state index contributed by atoms with van der Waals surface area (Å²) in [6.07, 6.45) is 0. The molecule has 1 atom stereocenters. The highest BCUT2D eigenvalue weighted by Gasteiger charge is 2.26. The van der Waals surface area contributed by atoms with E-state index in [4.69, 9.17) is 4.74 Å². The maximum Gasteiger partial charge on any atom is 0.176 e. The Hall–Kier alpha value is -2.70. The summed E-state index contributed by atoms with van der Waals surface area (Å²) in [6.45, 7) is 8.18. The summed E-state index contributed by atoms with van der Waals surface area (Å²) >= 11 is 0. The molecule has 152 valence electrons. The molecule has 0 spiro atoms. The molecule has 1 N–H and O–H groups in total. The van der Waals surface area contributed by atoms with Gasteiger partial charge in [-0.2, -0.15) is 0 Å². The number of para-hydroxylation sites is 1. The van der Waals surface area contributed by atoms with Crippen LogP contribution in [-0.2, 0) is 6.54 Å². The van der Waals surface area contributed by atoms with Crippen LogP contribution >= 0.6 is 0 Å². The fraction of sp³-hybridized carbons (Fsp3) is 0.391. The quantitative estimate of drug-likeness (QED) is 0.653. The van der Waals surface area contributed by atoms with E-state index in [2.05, 4.69) is 32.8 Å². The van der Waals surface area contributed by atoms with E-state index >= 15 is 0 Å². The van der Waals surface area contributed by atoms with E-state index in [0.29, 0.717) is 12.6 Å². The van der Waals surface area contributed by atoms with Crippen molar-refractivity contribution in [3.8, 4) is 5.75 Å². The number of benzene rings is 2. The molecule has 0 bridgehead atoms. The lowest BCUT2D eigenvalue weighted by Crippen LogP contribution is -2.52. The maximum atomic E-state index is 12.9. The van der Waals surface area contributed by atoms with Crippen LogP contribution in [0.1, 0.15) is 28.7 Å². The van der Waals surface area contributed by atoms with Crippen molar-refractivity contribution in [2.45, 2.75) is 26.4 Å². The van der Waals surface area contributed by atoms with Gasteiger partial charge in [0.15, 0.2) is 5.78 Å². The van der Waals surface area contributed by atoms with Gasteiger partial charge >= 0.3 is 0 Å². The minimum atomic E-state index is 0.151. The number of nitrogens with one attached hydrogen (secondary N) is 1. The molecule has 2 aromatic carbocycles. The van der Waals surface area contributed by atoms with Crippen LogP contribution in [0.25, 0.3) is 11.0 Å². The molecule has 0 unspecified atom stereocenters. The average Bonchev–Trinajstić information content (AvgIpc) is 3.09. The van der Waals surface area contributed by atoms with E-state index in [1.54, 1.807) is 7.11 Å². The first-order valence-electron chi connectivity index (χ1n) is 10.1. The lowest BCUT2D eigenvalue weighted by atomic mass is 10.1. The fourth-order valence-corrected chi connectivity index (χ4v) is 4.11. The molecule has 0 aliphatic carbocycles. The zero-order valence-corrected chi connectivity index (χ0v) is 17.3. The first-order valence-corrected chi connectivity index (χ1v) is 10.1. The lowest BCUT2D eigenvalue weighted by Gasteiger charge is -2.39. The van der Waals surface area contributed by atoms with Crippen molar-refractivity contribution in [1.29, 1.82) is 0 Å². The number of fused-ring (bicyclic) bond motifs is 1. The second kappa shape index (κ2) is 8.35. The second-order valence-electron chi connectivity index (χ2n) is 7.84. The Bertz CT molecular complexity index is 1010. The Morgan fingerprint density at radius 1 is 1.24 bits per heavy atom. The summed E-state index contributed by atoms with van der Waals surface area (Å²) in [6, 6.07) is 14.2. The van der Waals surface area contributed by atoms with Gasteiger partial charge < -0.3 is 9.72 Å². The second-order valence-corrected chi connectivity index (χ2v) is 7.84. The molecule has 4 rings (SSSR count). The molecule has 1 aromatic heterocycles. The van der Waals surface area contributed by atoms with E-state index in [0.717, 1.165) is 54.3 Å². The van der Waals surface area contributed by atoms with Gasteiger partial charge in [0, 0.05) is 43.3 Å². The van der Waals surface area contributed by atoms with Crippen molar-refractivity contribution in [2.75, 3.05) is 33.3 Å². The van der Waals surface area contributed by atoms with Crippen LogP contribution in [0, 0.1) is 6.92 Å². The average molecular weight is 393 g/mol. The molecule has 0 amide bonds. The number of hydrogen-bond donors (Lipinski definition) is 1. The van der Waals surface area contributed by atoms with Crippen molar-refractivity contribution in [3.63, 3.8) is 0 Å². The summed E-state index contributed by atoms with van der Waals surface area (Å²) in [7, 11) is 1.71. The Kier molecular flexibility index (Phi) is 5.65. The number of aromatic amines is 1. The van der Waals surface area contributed by atoms with Gasteiger partial charge in [0.25, 0.3) is 0 Å². The Labute approximate surface area is 171 Å².